The first kappa shape index (κ1) is 11.2. The van der Waals surface area contributed by atoms with Crippen molar-refractivity contribution in [3.63, 3.8) is 0 Å². The maximum atomic E-state index is 11.4. The summed E-state index contributed by atoms with van der Waals surface area (Å²) in [5.41, 5.74) is 2.66. The Hall–Kier alpha value is -0.860. The standard InChI is InChI=1S/C6H13N3O4S/c1-13-6(10)8-14(11,12)9-5-3-2-4-7-9/h7H,2-5H2,1H3,(H,8,10). The number of hydrogen-bond acceptors (Lipinski definition) is 5. The minimum Gasteiger partial charge on any atom is -0.452 e. The van der Waals surface area contributed by atoms with Gasteiger partial charge in [0.05, 0.1) is 7.11 Å². The van der Waals surface area contributed by atoms with Crippen LogP contribution in [0.2, 0.25) is 0 Å². The van der Waals surface area contributed by atoms with Crippen LogP contribution in [0.5, 0.6) is 0 Å². The molecule has 1 amide bonds. The van der Waals surface area contributed by atoms with Gasteiger partial charge in [-0.1, -0.05) is 0 Å². The molecule has 14 heavy (non-hydrogen) atoms. The topological polar surface area (TPSA) is 87.7 Å². The quantitative estimate of drug-likeness (QED) is 0.639. The Labute approximate surface area is 82.6 Å². The zero-order chi connectivity index (χ0) is 10.6. The van der Waals surface area contributed by atoms with Crippen LogP contribution >= 0.6 is 0 Å². The Bertz CT molecular complexity index is 296. The van der Waals surface area contributed by atoms with E-state index < -0.39 is 16.3 Å². The molecule has 1 aliphatic rings. The summed E-state index contributed by atoms with van der Waals surface area (Å²) in [5.74, 6) is 0. The number of nitrogens with zero attached hydrogens (tertiary/aromatic N) is 1. The molecule has 2 N–H and O–H groups in total. The molecule has 8 heteroatoms. The van der Waals surface area contributed by atoms with Crippen molar-refractivity contribution in [1.29, 1.82) is 0 Å². The second-order valence-corrected chi connectivity index (χ2v) is 4.38. The summed E-state index contributed by atoms with van der Waals surface area (Å²) in [7, 11) is -2.69. The SMILES string of the molecule is COC(=O)NS(=O)(=O)N1CCCCN1. The second kappa shape index (κ2) is 4.58. The third-order valence-electron chi connectivity index (χ3n) is 1.76. The molecule has 0 spiro atoms. The number of nitrogens with one attached hydrogen (secondary N) is 2. The van der Waals surface area contributed by atoms with Gasteiger partial charge in [-0.05, 0) is 12.8 Å². The van der Waals surface area contributed by atoms with Gasteiger partial charge in [0.15, 0.2) is 0 Å². The van der Waals surface area contributed by atoms with Gasteiger partial charge >= 0.3 is 16.3 Å². The molecule has 1 heterocycles. The van der Waals surface area contributed by atoms with E-state index in [0.717, 1.165) is 24.4 Å². The third kappa shape index (κ3) is 2.82. The van der Waals surface area contributed by atoms with Crippen LogP contribution in [0.1, 0.15) is 12.8 Å². The highest BCUT2D eigenvalue weighted by molar-refractivity contribution is 7.87. The van der Waals surface area contributed by atoms with Crippen LogP contribution in [0.3, 0.4) is 0 Å². The Balaban J connectivity index is 2.59. The van der Waals surface area contributed by atoms with Gasteiger partial charge in [0.2, 0.25) is 0 Å². The zero-order valence-electron chi connectivity index (χ0n) is 7.82. The van der Waals surface area contributed by atoms with E-state index in [1.54, 1.807) is 4.72 Å². The molecule has 0 aromatic carbocycles. The zero-order valence-corrected chi connectivity index (χ0v) is 8.63. The van der Waals surface area contributed by atoms with Gasteiger partial charge in [-0.25, -0.2) is 14.9 Å². The lowest BCUT2D eigenvalue weighted by Crippen LogP contribution is -2.52. The number of hydrogen-bond donors (Lipinski definition) is 2. The highest BCUT2D eigenvalue weighted by atomic mass is 32.2. The molecule has 1 aliphatic heterocycles. The van der Waals surface area contributed by atoms with Crippen molar-refractivity contribution in [2.45, 2.75) is 12.8 Å². The lowest BCUT2D eigenvalue weighted by Gasteiger charge is -2.26. The van der Waals surface area contributed by atoms with Gasteiger partial charge in [0.25, 0.3) is 0 Å². The van der Waals surface area contributed by atoms with Crippen LogP contribution < -0.4 is 10.1 Å². The monoisotopic (exact) mass is 223 g/mol. The number of methoxy groups -OCH3 is 1. The summed E-state index contributed by atoms with van der Waals surface area (Å²) in [6, 6.07) is 0. The predicted octanol–water partition coefficient (Wildman–Crippen LogP) is -0.812. The maximum Gasteiger partial charge on any atom is 0.421 e. The van der Waals surface area contributed by atoms with E-state index in [1.165, 1.54) is 0 Å². The number of carbonyl (C=O) groups is 1. The van der Waals surface area contributed by atoms with Crippen molar-refractivity contribution in [1.82, 2.24) is 14.6 Å². The summed E-state index contributed by atoms with van der Waals surface area (Å²) in [6.07, 6.45) is 0.705. The van der Waals surface area contributed by atoms with Gasteiger partial charge in [0.1, 0.15) is 0 Å². The Morgan fingerprint density at radius 1 is 1.50 bits per heavy atom. The highest BCUT2D eigenvalue weighted by Gasteiger charge is 2.25. The van der Waals surface area contributed by atoms with Crippen molar-refractivity contribution < 1.29 is 17.9 Å². The molecular formula is C6H13N3O4S. The molecule has 0 aromatic heterocycles. The number of hydrazine groups is 1. The molecule has 0 aliphatic carbocycles. The lowest BCUT2D eigenvalue weighted by molar-refractivity contribution is 0.175. The van der Waals surface area contributed by atoms with E-state index in [1.807, 2.05) is 0 Å². The molecule has 0 saturated carbocycles. The van der Waals surface area contributed by atoms with Gasteiger partial charge in [-0.3, -0.25) is 0 Å². The van der Waals surface area contributed by atoms with Crippen molar-refractivity contribution in [2.75, 3.05) is 20.2 Å². The van der Waals surface area contributed by atoms with E-state index in [9.17, 15) is 13.2 Å². The van der Waals surface area contributed by atoms with Gasteiger partial charge in [0, 0.05) is 13.1 Å². The van der Waals surface area contributed by atoms with Crippen LogP contribution in [0.4, 0.5) is 4.79 Å². The van der Waals surface area contributed by atoms with E-state index in [4.69, 9.17) is 0 Å². The van der Waals surface area contributed by atoms with E-state index in [-0.39, 0.29) is 0 Å². The fourth-order valence-corrected chi connectivity index (χ4v) is 2.11. The molecule has 1 saturated heterocycles. The number of rotatable bonds is 2. The van der Waals surface area contributed by atoms with E-state index in [2.05, 4.69) is 10.2 Å². The molecular weight excluding hydrogens is 210 g/mol. The van der Waals surface area contributed by atoms with Crippen LogP contribution in [0.25, 0.3) is 0 Å². The van der Waals surface area contributed by atoms with Crippen LogP contribution in [0, 0.1) is 0 Å². The third-order valence-corrected chi connectivity index (χ3v) is 3.08. The summed E-state index contributed by atoms with van der Waals surface area (Å²) in [5, 5.41) is 0. The fourth-order valence-electron chi connectivity index (χ4n) is 1.07. The van der Waals surface area contributed by atoms with Gasteiger partial charge in [-0.2, -0.15) is 8.42 Å². The number of amides is 1. The minimum atomic E-state index is -3.80. The predicted molar refractivity (Wildman–Crippen MR) is 48.4 cm³/mol. The number of ether oxygens (including phenoxy) is 1. The Morgan fingerprint density at radius 2 is 2.21 bits per heavy atom. The van der Waals surface area contributed by atoms with Crippen molar-refractivity contribution in [3.05, 3.63) is 0 Å². The lowest BCUT2D eigenvalue weighted by atomic mass is 10.3. The van der Waals surface area contributed by atoms with Crippen molar-refractivity contribution in [3.8, 4) is 0 Å². The van der Waals surface area contributed by atoms with Crippen LogP contribution in [-0.4, -0.2) is 39.1 Å². The molecule has 82 valence electrons. The highest BCUT2D eigenvalue weighted by Crippen LogP contribution is 2.03. The molecule has 7 nitrogen and oxygen atoms in total. The summed E-state index contributed by atoms with van der Waals surface area (Å²) in [4.78, 5) is 10.7. The van der Waals surface area contributed by atoms with Crippen molar-refractivity contribution in [2.24, 2.45) is 0 Å². The van der Waals surface area contributed by atoms with Gasteiger partial charge < -0.3 is 4.74 Å². The first-order valence-electron chi connectivity index (χ1n) is 4.18. The minimum absolute atomic E-state index is 0.353. The summed E-state index contributed by atoms with van der Waals surface area (Å²) < 4.78 is 29.8. The summed E-state index contributed by atoms with van der Waals surface area (Å²) >= 11 is 0. The fraction of sp³-hybridized carbons (Fsp3) is 0.833. The van der Waals surface area contributed by atoms with Gasteiger partial charge in [-0.15, -0.1) is 4.41 Å². The summed E-state index contributed by atoms with van der Waals surface area (Å²) in [6.45, 7) is 0.939. The average molecular weight is 223 g/mol. The Kier molecular flexibility index (Phi) is 3.67. The van der Waals surface area contributed by atoms with Crippen LogP contribution in [-0.2, 0) is 14.9 Å². The van der Waals surface area contributed by atoms with Crippen LogP contribution in [0.15, 0.2) is 0 Å². The van der Waals surface area contributed by atoms with Crippen molar-refractivity contribution >= 4 is 16.3 Å². The second-order valence-electron chi connectivity index (χ2n) is 2.79. The maximum absolute atomic E-state index is 11.4. The normalized spacial score (nSPS) is 18.9. The largest absolute Gasteiger partial charge is 0.452 e. The molecule has 1 fully saturated rings. The van der Waals surface area contributed by atoms with E-state index in [0.29, 0.717) is 13.1 Å². The average Bonchev–Trinajstić information content (AvgIpc) is 2.18. The molecule has 1 rings (SSSR count). The Morgan fingerprint density at radius 3 is 2.71 bits per heavy atom. The first-order valence-corrected chi connectivity index (χ1v) is 5.62. The molecule has 0 bridgehead atoms. The smallest absolute Gasteiger partial charge is 0.421 e. The van der Waals surface area contributed by atoms with E-state index >= 15 is 0 Å². The first-order chi connectivity index (χ1) is 6.56. The number of carbonyl (C=O) groups excluding carboxylic acids is 1. The molecule has 0 unspecified atom stereocenters. The molecule has 0 aromatic rings. The molecule has 0 radical (unpaired) electrons. The molecule has 0 atom stereocenters.